The number of esters is 1. The van der Waals surface area contributed by atoms with Gasteiger partial charge in [0.25, 0.3) is 0 Å². The lowest BCUT2D eigenvalue weighted by molar-refractivity contribution is -0.144. The lowest BCUT2D eigenvalue weighted by atomic mass is 10.1. The van der Waals surface area contributed by atoms with Gasteiger partial charge in [0.05, 0.1) is 13.2 Å². The van der Waals surface area contributed by atoms with Gasteiger partial charge < -0.3 is 19.3 Å². The monoisotopic (exact) mass is 537 g/mol. The number of carbonyl (C=O) groups is 2. The molecule has 0 aliphatic carbocycles. The number of aromatic hydroxyl groups is 1. The Bertz CT molecular complexity index is 1420. The molecule has 1 N–H and O–H groups in total. The second-order valence-corrected chi connectivity index (χ2v) is 9.43. The minimum Gasteiger partial charge on any atom is -0.508 e. The summed E-state index contributed by atoms with van der Waals surface area (Å²) in [5.41, 5.74) is 0.207. The number of fused-ring (bicyclic) bond motifs is 1. The fraction of sp³-hybridized carbons (Fsp3) is 0.241. The van der Waals surface area contributed by atoms with Gasteiger partial charge in [-0.3, -0.25) is 14.5 Å². The maximum Gasteiger partial charge on any atom is 0.320 e. The number of phenolic OH excluding ortho intramolecular Hbond substituents is 1. The minimum absolute atomic E-state index is 0.0699. The maximum absolute atomic E-state index is 13.8. The summed E-state index contributed by atoms with van der Waals surface area (Å²) in [5, 5.41) is 10.6. The van der Waals surface area contributed by atoms with Crippen LogP contribution in [-0.2, 0) is 9.53 Å². The molecule has 0 bridgehead atoms. The van der Waals surface area contributed by atoms with Crippen LogP contribution in [0.2, 0.25) is 0 Å². The maximum atomic E-state index is 13.8. The smallest absolute Gasteiger partial charge is 0.320 e. The molecule has 0 fully saturated rings. The van der Waals surface area contributed by atoms with Crippen molar-refractivity contribution in [1.82, 2.24) is 4.90 Å². The van der Waals surface area contributed by atoms with Crippen molar-refractivity contribution in [1.29, 1.82) is 0 Å². The average Bonchev–Trinajstić information content (AvgIpc) is 3.25. The van der Waals surface area contributed by atoms with E-state index in [-0.39, 0.29) is 29.6 Å². The van der Waals surface area contributed by atoms with E-state index < -0.39 is 5.82 Å². The predicted molar refractivity (Wildman–Crippen MR) is 144 cm³/mol. The SMILES string of the molecule is CCOC(=O)CN(CC)CCOc1ccc(Oc2c(C(=O)c3cccc(F)c3)sc3cc(O)ccc23)cc1. The summed E-state index contributed by atoms with van der Waals surface area (Å²) < 4.78 is 31.4. The number of carbonyl (C=O) groups excluding carboxylic acids is 2. The normalized spacial score (nSPS) is 11.1. The summed E-state index contributed by atoms with van der Waals surface area (Å²) in [4.78, 5) is 27.2. The predicted octanol–water partition coefficient (Wildman–Crippen LogP) is 6.03. The highest BCUT2D eigenvalue weighted by Gasteiger charge is 2.22. The van der Waals surface area contributed by atoms with E-state index in [1.165, 1.54) is 35.6 Å². The summed E-state index contributed by atoms with van der Waals surface area (Å²) in [6.45, 7) is 5.95. The van der Waals surface area contributed by atoms with Gasteiger partial charge in [0.2, 0.25) is 5.78 Å². The Morgan fingerprint density at radius 1 is 1.00 bits per heavy atom. The fourth-order valence-corrected chi connectivity index (χ4v) is 4.95. The first-order valence-corrected chi connectivity index (χ1v) is 13.0. The Kier molecular flexibility index (Phi) is 8.93. The quantitative estimate of drug-likeness (QED) is 0.174. The second kappa shape index (κ2) is 12.5. The molecule has 0 radical (unpaired) electrons. The Hall–Kier alpha value is -3.95. The van der Waals surface area contributed by atoms with Gasteiger partial charge in [-0.15, -0.1) is 11.3 Å². The molecule has 1 heterocycles. The van der Waals surface area contributed by atoms with Crippen LogP contribution in [0, 0.1) is 5.82 Å². The number of thiophene rings is 1. The van der Waals surface area contributed by atoms with E-state index in [0.29, 0.717) is 58.5 Å². The fourth-order valence-electron chi connectivity index (χ4n) is 3.83. The first kappa shape index (κ1) is 27.1. The molecule has 0 aliphatic heterocycles. The van der Waals surface area contributed by atoms with Crippen molar-refractivity contribution >= 4 is 33.2 Å². The molecule has 0 amide bonds. The molecule has 198 valence electrons. The van der Waals surface area contributed by atoms with E-state index in [1.54, 1.807) is 49.4 Å². The van der Waals surface area contributed by atoms with Crippen LogP contribution >= 0.6 is 11.3 Å². The van der Waals surface area contributed by atoms with Gasteiger partial charge in [-0.25, -0.2) is 4.39 Å². The van der Waals surface area contributed by atoms with Crippen LogP contribution in [-0.4, -0.2) is 54.6 Å². The third-order valence-corrected chi connectivity index (χ3v) is 6.88. The number of phenols is 1. The summed E-state index contributed by atoms with van der Waals surface area (Å²) in [5.74, 6) is 0.379. The lowest BCUT2D eigenvalue weighted by Crippen LogP contribution is -2.34. The highest BCUT2D eigenvalue weighted by Crippen LogP contribution is 2.42. The molecule has 3 aromatic carbocycles. The summed E-state index contributed by atoms with van der Waals surface area (Å²) in [6, 6.07) is 17.2. The van der Waals surface area contributed by atoms with Gasteiger partial charge in [0.15, 0.2) is 5.75 Å². The molecule has 4 aromatic rings. The van der Waals surface area contributed by atoms with E-state index in [2.05, 4.69) is 0 Å². The van der Waals surface area contributed by atoms with Crippen LogP contribution in [0.3, 0.4) is 0 Å². The zero-order chi connectivity index (χ0) is 27.1. The first-order valence-electron chi connectivity index (χ1n) is 12.2. The standard InChI is InChI=1S/C29H28FNO6S/c1-3-31(18-26(33)35-4-2)14-15-36-22-9-11-23(12-10-22)37-28-24-13-8-21(32)17-25(24)38-29(28)27(34)19-6-5-7-20(30)16-19/h5-13,16-17,32H,3-4,14-15,18H2,1-2H3. The van der Waals surface area contributed by atoms with Crippen molar-refractivity contribution in [3.8, 4) is 23.0 Å². The molecular formula is C29H28FNO6S. The highest BCUT2D eigenvalue weighted by molar-refractivity contribution is 7.21. The number of hydrogen-bond acceptors (Lipinski definition) is 8. The van der Waals surface area contributed by atoms with Crippen LogP contribution < -0.4 is 9.47 Å². The van der Waals surface area contributed by atoms with Crippen LogP contribution in [0.15, 0.2) is 66.7 Å². The van der Waals surface area contributed by atoms with Crippen molar-refractivity contribution in [2.75, 3.05) is 32.8 Å². The Balaban J connectivity index is 1.48. The summed E-state index contributed by atoms with van der Waals surface area (Å²) in [7, 11) is 0. The van der Waals surface area contributed by atoms with Gasteiger partial charge in [-0.1, -0.05) is 19.1 Å². The van der Waals surface area contributed by atoms with Crippen LogP contribution in [0.4, 0.5) is 4.39 Å². The van der Waals surface area contributed by atoms with E-state index in [4.69, 9.17) is 14.2 Å². The highest BCUT2D eigenvalue weighted by atomic mass is 32.1. The Labute approximate surface area is 224 Å². The third kappa shape index (κ3) is 6.67. The molecule has 0 saturated carbocycles. The molecule has 0 aliphatic rings. The zero-order valence-corrected chi connectivity index (χ0v) is 21.9. The number of ketones is 1. The van der Waals surface area contributed by atoms with E-state index >= 15 is 0 Å². The van der Waals surface area contributed by atoms with Gasteiger partial charge in [-0.05, 0) is 68.1 Å². The number of likely N-dealkylation sites (N-methyl/N-ethyl adjacent to an activating group) is 1. The zero-order valence-electron chi connectivity index (χ0n) is 21.1. The third-order valence-electron chi connectivity index (χ3n) is 5.75. The number of rotatable bonds is 12. The molecule has 0 atom stereocenters. The first-order chi connectivity index (χ1) is 18.4. The molecule has 4 rings (SSSR count). The van der Waals surface area contributed by atoms with Crippen molar-refractivity contribution in [3.63, 3.8) is 0 Å². The van der Waals surface area contributed by atoms with Gasteiger partial charge in [-0.2, -0.15) is 0 Å². The van der Waals surface area contributed by atoms with Gasteiger partial charge >= 0.3 is 5.97 Å². The number of halogens is 1. The summed E-state index contributed by atoms with van der Waals surface area (Å²) in [6.07, 6.45) is 0. The number of benzene rings is 3. The van der Waals surface area contributed by atoms with Crippen LogP contribution in [0.5, 0.6) is 23.0 Å². The molecule has 7 nitrogen and oxygen atoms in total. The summed E-state index contributed by atoms with van der Waals surface area (Å²) >= 11 is 1.17. The number of ether oxygens (including phenoxy) is 3. The van der Waals surface area contributed by atoms with Crippen molar-refractivity contribution in [2.24, 2.45) is 0 Å². The average molecular weight is 538 g/mol. The largest absolute Gasteiger partial charge is 0.508 e. The van der Waals surface area contributed by atoms with E-state index in [1.807, 2.05) is 11.8 Å². The molecule has 0 saturated heterocycles. The number of hydrogen-bond donors (Lipinski definition) is 1. The van der Waals surface area contributed by atoms with E-state index in [9.17, 15) is 19.1 Å². The van der Waals surface area contributed by atoms with E-state index in [0.717, 1.165) is 0 Å². The molecule has 38 heavy (non-hydrogen) atoms. The topological polar surface area (TPSA) is 85.3 Å². The lowest BCUT2D eigenvalue weighted by Gasteiger charge is -2.19. The molecule has 0 unspecified atom stereocenters. The van der Waals surface area contributed by atoms with Crippen LogP contribution in [0.1, 0.15) is 29.1 Å². The second-order valence-electron chi connectivity index (χ2n) is 8.38. The molecule has 0 spiro atoms. The van der Waals surface area contributed by atoms with Crippen molar-refractivity contribution in [2.45, 2.75) is 13.8 Å². The van der Waals surface area contributed by atoms with Gasteiger partial charge in [0.1, 0.15) is 34.5 Å². The number of nitrogens with zero attached hydrogens (tertiary/aromatic N) is 1. The van der Waals surface area contributed by atoms with Gasteiger partial charge in [0, 0.05) is 22.2 Å². The molecular weight excluding hydrogens is 509 g/mol. The Morgan fingerprint density at radius 2 is 1.76 bits per heavy atom. The van der Waals surface area contributed by atoms with Crippen molar-refractivity contribution in [3.05, 3.63) is 83.0 Å². The minimum atomic E-state index is -0.504. The molecule has 9 heteroatoms. The molecule has 1 aromatic heterocycles. The van der Waals surface area contributed by atoms with Crippen LogP contribution in [0.25, 0.3) is 10.1 Å². The Morgan fingerprint density at radius 3 is 2.47 bits per heavy atom. The van der Waals surface area contributed by atoms with Crippen molar-refractivity contribution < 1.29 is 33.3 Å².